The largest absolute Gasteiger partial charge is 0.359 e. The van der Waals surface area contributed by atoms with Crippen LogP contribution in [-0.4, -0.2) is 55.4 Å². The number of rotatable bonds is 6. The number of carbonyl (C=O) groups is 2. The standard InChI is InChI=1S/C18H19BrN4O5S/c19-13-4-6-15(7-5-13)29(26,27)23-9-10-28-16(23)12-22-18(25)17(24)21-11-14-3-1-2-8-20-14/h1-8,16H,9-12H2,(H,21,24)(H,22,25)/t16-/m0/s1. The van der Waals surface area contributed by atoms with Crippen molar-refractivity contribution in [1.82, 2.24) is 19.9 Å². The summed E-state index contributed by atoms with van der Waals surface area (Å²) in [5.74, 6) is -1.71. The Labute approximate surface area is 176 Å². The highest BCUT2D eigenvalue weighted by Gasteiger charge is 2.36. The molecule has 2 N–H and O–H groups in total. The maximum atomic E-state index is 12.8. The summed E-state index contributed by atoms with van der Waals surface area (Å²) in [7, 11) is -3.79. The van der Waals surface area contributed by atoms with Crippen LogP contribution in [0.1, 0.15) is 5.69 Å². The SMILES string of the molecule is O=C(NCc1ccccn1)C(=O)NC[C@@H]1OCCN1S(=O)(=O)c1ccc(Br)cc1. The van der Waals surface area contributed by atoms with Crippen molar-refractivity contribution in [1.29, 1.82) is 0 Å². The van der Waals surface area contributed by atoms with Crippen molar-refractivity contribution in [2.45, 2.75) is 17.7 Å². The summed E-state index contributed by atoms with van der Waals surface area (Å²) in [5, 5.41) is 4.87. The van der Waals surface area contributed by atoms with Crippen LogP contribution in [0, 0.1) is 0 Å². The molecule has 1 aromatic heterocycles. The molecule has 0 unspecified atom stereocenters. The van der Waals surface area contributed by atoms with Crippen molar-refractivity contribution >= 4 is 37.8 Å². The first kappa shape index (κ1) is 21.4. The van der Waals surface area contributed by atoms with E-state index in [0.717, 1.165) is 4.47 Å². The molecule has 2 aromatic rings. The lowest BCUT2D eigenvalue weighted by molar-refractivity contribution is -0.139. The summed E-state index contributed by atoms with van der Waals surface area (Å²) in [6.45, 7) is 0.315. The van der Waals surface area contributed by atoms with Crippen LogP contribution >= 0.6 is 15.9 Å². The average Bonchev–Trinajstić information content (AvgIpc) is 3.21. The Kier molecular flexibility index (Phi) is 6.96. The number of carbonyl (C=O) groups excluding carboxylic acids is 2. The second-order valence-electron chi connectivity index (χ2n) is 6.11. The average molecular weight is 483 g/mol. The van der Waals surface area contributed by atoms with Crippen LogP contribution in [0.4, 0.5) is 0 Å². The summed E-state index contributed by atoms with van der Waals surface area (Å²) in [4.78, 5) is 28.1. The molecule has 1 fully saturated rings. The van der Waals surface area contributed by atoms with Crippen molar-refractivity contribution in [3.63, 3.8) is 0 Å². The number of hydrogen-bond donors (Lipinski definition) is 2. The highest BCUT2D eigenvalue weighted by Crippen LogP contribution is 2.23. The number of ether oxygens (including phenoxy) is 1. The number of benzene rings is 1. The summed E-state index contributed by atoms with van der Waals surface area (Å²) >= 11 is 3.27. The number of aromatic nitrogens is 1. The topological polar surface area (TPSA) is 118 Å². The quantitative estimate of drug-likeness (QED) is 0.582. The van der Waals surface area contributed by atoms with E-state index in [4.69, 9.17) is 4.74 Å². The molecule has 0 radical (unpaired) electrons. The van der Waals surface area contributed by atoms with E-state index in [1.165, 1.54) is 16.4 Å². The maximum absolute atomic E-state index is 12.8. The minimum absolute atomic E-state index is 0.108. The minimum Gasteiger partial charge on any atom is -0.359 e. The first-order valence-corrected chi connectivity index (χ1v) is 11.0. The van der Waals surface area contributed by atoms with Gasteiger partial charge in [0.25, 0.3) is 0 Å². The van der Waals surface area contributed by atoms with Gasteiger partial charge in [-0.2, -0.15) is 4.31 Å². The Morgan fingerprint density at radius 2 is 1.86 bits per heavy atom. The van der Waals surface area contributed by atoms with Gasteiger partial charge in [-0.15, -0.1) is 0 Å². The minimum atomic E-state index is -3.79. The van der Waals surface area contributed by atoms with Crippen LogP contribution in [-0.2, 0) is 30.9 Å². The van der Waals surface area contributed by atoms with Gasteiger partial charge >= 0.3 is 11.8 Å². The van der Waals surface area contributed by atoms with E-state index in [9.17, 15) is 18.0 Å². The number of pyridine rings is 1. The van der Waals surface area contributed by atoms with Crippen LogP contribution < -0.4 is 10.6 Å². The van der Waals surface area contributed by atoms with Gasteiger partial charge < -0.3 is 15.4 Å². The van der Waals surface area contributed by atoms with Crippen molar-refractivity contribution in [2.24, 2.45) is 0 Å². The molecule has 11 heteroatoms. The Morgan fingerprint density at radius 3 is 2.55 bits per heavy atom. The van der Waals surface area contributed by atoms with Crippen LogP contribution in [0.3, 0.4) is 0 Å². The summed E-state index contributed by atoms with van der Waals surface area (Å²) in [6.07, 6.45) is 0.690. The van der Waals surface area contributed by atoms with E-state index in [1.54, 1.807) is 36.5 Å². The van der Waals surface area contributed by atoms with Gasteiger partial charge in [-0.05, 0) is 36.4 Å². The molecular weight excluding hydrogens is 464 g/mol. The summed E-state index contributed by atoms with van der Waals surface area (Å²) < 4.78 is 33.0. The Hall–Kier alpha value is -2.34. The Balaban J connectivity index is 1.55. The molecule has 2 heterocycles. The molecule has 0 bridgehead atoms. The smallest absolute Gasteiger partial charge is 0.309 e. The first-order chi connectivity index (χ1) is 13.9. The second kappa shape index (κ2) is 9.44. The van der Waals surface area contributed by atoms with Crippen LogP contribution in [0.25, 0.3) is 0 Å². The fraction of sp³-hybridized carbons (Fsp3) is 0.278. The van der Waals surface area contributed by atoms with Crippen LogP contribution in [0.15, 0.2) is 58.0 Å². The van der Waals surface area contributed by atoms with E-state index in [0.29, 0.717) is 5.69 Å². The summed E-state index contributed by atoms with van der Waals surface area (Å²) in [5.41, 5.74) is 0.611. The van der Waals surface area contributed by atoms with Crippen molar-refractivity contribution in [2.75, 3.05) is 19.7 Å². The van der Waals surface area contributed by atoms with Gasteiger partial charge in [-0.3, -0.25) is 14.6 Å². The molecule has 29 heavy (non-hydrogen) atoms. The number of sulfonamides is 1. The number of halogens is 1. The van der Waals surface area contributed by atoms with Gasteiger partial charge in [0.05, 0.1) is 30.3 Å². The molecule has 1 atom stereocenters. The fourth-order valence-corrected chi connectivity index (χ4v) is 4.47. The molecule has 1 aliphatic heterocycles. The fourth-order valence-electron chi connectivity index (χ4n) is 2.70. The van der Waals surface area contributed by atoms with Gasteiger partial charge in [-0.1, -0.05) is 22.0 Å². The Morgan fingerprint density at radius 1 is 1.14 bits per heavy atom. The van der Waals surface area contributed by atoms with Gasteiger partial charge in [-0.25, -0.2) is 8.42 Å². The predicted octanol–water partition coefficient (Wildman–Crippen LogP) is 0.624. The molecule has 1 aliphatic rings. The maximum Gasteiger partial charge on any atom is 0.309 e. The van der Waals surface area contributed by atoms with Gasteiger partial charge in [0.1, 0.15) is 6.23 Å². The Bertz CT molecular complexity index is 970. The molecule has 0 spiro atoms. The third kappa shape index (κ3) is 5.38. The number of nitrogens with one attached hydrogen (secondary N) is 2. The number of amides is 2. The van der Waals surface area contributed by atoms with Gasteiger partial charge in [0, 0.05) is 17.2 Å². The molecular formula is C18H19BrN4O5S. The normalized spacial score (nSPS) is 17.1. The summed E-state index contributed by atoms with van der Waals surface area (Å²) in [6, 6.07) is 11.5. The molecule has 154 valence electrons. The van der Waals surface area contributed by atoms with Crippen molar-refractivity contribution in [3.05, 3.63) is 58.8 Å². The molecule has 2 amide bonds. The second-order valence-corrected chi connectivity index (χ2v) is 8.92. The van der Waals surface area contributed by atoms with Crippen molar-refractivity contribution < 1.29 is 22.7 Å². The molecule has 3 rings (SSSR count). The van der Waals surface area contributed by atoms with E-state index in [-0.39, 0.29) is 31.1 Å². The zero-order valence-corrected chi connectivity index (χ0v) is 17.6. The monoisotopic (exact) mass is 482 g/mol. The van der Waals surface area contributed by atoms with E-state index < -0.39 is 28.1 Å². The lowest BCUT2D eigenvalue weighted by Gasteiger charge is -2.22. The molecule has 0 saturated carbocycles. The third-order valence-electron chi connectivity index (χ3n) is 4.16. The highest BCUT2D eigenvalue weighted by atomic mass is 79.9. The highest BCUT2D eigenvalue weighted by molar-refractivity contribution is 9.10. The lowest BCUT2D eigenvalue weighted by atomic mass is 10.3. The number of hydrogen-bond acceptors (Lipinski definition) is 6. The van der Waals surface area contributed by atoms with E-state index in [2.05, 4.69) is 31.5 Å². The zero-order chi connectivity index (χ0) is 20.9. The third-order valence-corrected chi connectivity index (χ3v) is 6.59. The zero-order valence-electron chi connectivity index (χ0n) is 15.2. The predicted molar refractivity (Wildman–Crippen MR) is 107 cm³/mol. The first-order valence-electron chi connectivity index (χ1n) is 8.73. The van der Waals surface area contributed by atoms with E-state index in [1.807, 2.05) is 0 Å². The van der Waals surface area contributed by atoms with Gasteiger partial charge in [0.2, 0.25) is 10.0 Å². The van der Waals surface area contributed by atoms with Crippen molar-refractivity contribution in [3.8, 4) is 0 Å². The van der Waals surface area contributed by atoms with Gasteiger partial charge in [0.15, 0.2) is 0 Å². The number of nitrogens with zero attached hydrogens (tertiary/aromatic N) is 2. The van der Waals surface area contributed by atoms with Crippen LogP contribution in [0.2, 0.25) is 0 Å². The molecule has 1 aromatic carbocycles. The molecule has 9 nitrogen and oxygen atoms in total. The van der Waals surface area contributed by atoms with Crippen LogP contribution in [0.5, 0.6) is 0 Å². The molecule has 0 aliphatic carbocycles. The lowest BCUT2D eigenvalue weighted by Crippen LogP contribution is -2.47. The molecule has 1 saturated heterocycles. The van der Waals surface area contributed by atoms with E-state index >= 15 is 0 Å².